The summed E-state index contributed by atoms with van der Waals surface area (Å²) in [5.74, 6) is 0.852. The number of para-hydroxylation sites is 2. The van der Waals surface area contributed by atoms with E-state index >= 15 is 0 Å². The summed E-state index contributed by atoms with van der Waals surface area (Å²) in [4.78, 5) is 16.5. The summed E-state index contributed by atoms with van der Waals surface area (Å²) < 4.78 is 5.57. The summed E-state index contributed by atoms with van der Waals surface area (Å²) in [6.07, 6.45) is 0. The van der Waals surface area contributed by atoms with Crippen molar-refractivity contribution in [3.05, 3.63) is 59.6 Å². The molecule has 26 heavy (non-hydrogen) atoms. The van der Waals surface area contributed by atoms with Crippen molar-refractivity contribution in [2.45, 2.75) is 0 Å². The SMILES string of the molecule is O=C(CN1CCN(c2ccccc2Cl)CC1)NCCOc1ccccc1. The summed E-state index contributed by atoms with van der Waals surface area (Å²) in [7, 11) is 0. The van der Waals surface area contributed by atoms with Crippen molar-refractivity contribution in [2.24, 2.45) is 0 Å². The summed E-state index contributed by atoms with van der Waals surface area (Å²) in [5.41, 5.74) is 1.07. The van der Waals surface area contributed by atoms with Crippen LogP contribution in [-0.2, 0) is 4.79 Å². The predicted octanol–water partition coefficient (Wildman–Crippen LogP) is 2.66. The number of anilines is 1. The second kappa shape index (κ2) is 9.46. The van der Waals surface area contributed by atoms with Crippen molar-refractivity contribution in [3.63, 3.8) is 0 Å². The van der Waals surface area contributed by atoms with E-state index in [1.165, 1.54) is 0 Å². The minimum atomic E-state index is 0.0351. The normalized spacial score (nSPS) is 14.9. The van der Waals surface area contributed by atoms with Crippen LogP contribution in [0.25, 0.3) is 0 Å². The highest BCUT2D eigenvalue weighted by Crippen LogP contribution is 2.25. The standard InChI is InChI=1S/C20H24ClN3O2/c21-18-8-4-5-9-19(18)24-13-11-23(12-14-24)16-20(25)22-10-15-26-17-6-2-1-3-7-17/h1-9H,10-16H2,(H,22,25). The molecule has 1 aliphatic rings. The number of nitrogens with one attached hydrogen (secondary N) is 1. The first-order valence-electron chi connectivity index (χ1n) is 8.89. The molecule has 1 saturated heterocycles. The number of halogens is 1. The molecule has 5 nitrogen and oxygen atoms in total. The Morgan fingerprint density at radius 3 is 2.42 bits per heavy atom. The van der Waals surface area contributed by atoms with Crippen molar-refractivity contribution in [1.82, 2.24) is 10.2 Å². The van der Waals surface area contributed by atoms with Crippen LogP contribution in [0.3, 0.4) is 0 Å². The van der Waals surface area contributed by atoms with Crippen LogP contribution in [0.1, 0.15) is 0 Å². The maximum atomic E-state index is 12.1. The molecular formula is C20H24ClN3O2. The molecular weight excluding hydrogens is 350 g/mol. The zero-order valence-corrected chi connectivity index (χ0v) is 15.5. The molecule has 2 aromatic rings. The van der Waals surface area contributed by atoms with Gasteiger partial charge in [-0.3, -0.25) is 9.69 Å². The van der Waals surface area contributed by atoms with Crippen LogP contribution in [0.4, 0.5) is 5.69 Å². The Bertz CT molecular complexity index is 703. The third kappa shape index (κ3) is 5.38. The molecule has 2 aromatic carbocycles. The Morgan fingerprint density at radius 1 is 1.00 bits per heavy atom. The van der Waals surface area contributed by atoms with Crippen molar-refractivity contribution in [1.29, 1.82) is 0 Å². The zero-order valence-electron chi connectivity index (χ0n) is 14.7. The van der Waals surface area contributed by atoms with E-state index in [-0.39, 0.29) is 5.91 Å². The van der Waals surface area contributed by atoms with Gasteiger partial charge in [-0.25, -0.2) is 0 Å². The Labute approximate surface area is 159 Å². The molecule has 0 bridgehead atoms. The molecule has 1 N–H and O–H groups in total. The monoisotopic (exact) mass is 373 g/mol. The number of hydrogen-bond donors (Lipinski definition) is 1. The van der Waals surface area contributed by atoms with Crippen LogP contribution in [0.15, 0.2) is 54.6 Å². The van der Waals surface area contributed by atoms with Crippen molar-refractivity contribution in [2.75, 3.05) is 50.8 Å². The lowest BCUT2D eigenvalue weighted by Gasteiger charge is -2.36. The molecule has 0 aliphatic carbocycles. The fraction of sp³-hybridized carbons (Fsp3) is 0.350. The van der Waals surface area contributed by atoms with Gasteiger partial charge in [0.15, 0.2) is 0 Å². The Kier molecular flexibility index (Phi) is 6.75. The Morgan fingerprint density at radius 2 is 1.69 bits per heavy atom. The Balaban J connectivity index is 1.34. The second-order valence-corrected chi connectivity index (χ2v) is 6.63. The highest BCUT2D eigenvalue weighted by atomic mass is 35.5. The van der Waals surface area contributed by atoms with E-state index in [4.69, 9.17) is 16.3 Å². The molecule has 0 aromatic heterocycles. The highest BCUT2D eigenvalue weighted by Gasteiger charge is 2.20. The van der Waals surface area contributed by atoms with E-state index < -0.39 is 0 Å². The number of amides is 1. The number of piperazine rings is 1. The van der Waals surface area contributed by atoms with E-state index in [2.05, 4.69) is 15.1 Å². The Hall–Kier alpha value is -2.24. The van der Waals surface area contributed by atoms with Crippen molar-refractivity contribution in [3.8, 4) is 5.75 Å². The highest BCUT2D eigenvalue weighted by molar-refractivity contribution is 6.33. The topological polar surface area (TPSA) is 44.8 Å². The average molecular weight is 374 g/mol. The van der Waals surface area contributed by atoms with Crippen molar-refractivity contribution >= 4 is 23.2 Å². The maximum absolute atomic E-state index is 12.1. The average Bonchev–Trinajstić information content (AvgIpc) is 2.67. The van der Waals surface area contributed by atoms with Gasteiger partial charge in [0.25, 0.3) is 0 Å². The van der Waals surface area contributed by atoms with Gasteiger partial charge < -0.3 is 15.0 Å². The summed E-state index contributed by atoms with van der Waals surface area (Å²) in [6, 6.07) is 17.5. The van der Waals surface area contributed by atoms with Gasteiger partial charge in [-0.05, 0) is 24.3 Å². The number of hydrogen-bond acceptors (Lipinski definition) is 4. The second-order valence-electron chi connectivity index (χ2n) is 6.23. The van der Waals surface area contributed by atoms with Gasteiger partial charge in [-0.1, -0.05) is 41.9 Å². The zero-order chi connectivity index (χ0) is 18.2. The largest absolute Gasteiger partial charge is 0.492 e. The van der Waals surface area contributed by atoms with Crippen LogP contribution in [-0.4, -0.2) is 56.7 Å². The summed E-state index contributed by atoms with van der Waals surface area (Å²) in [5, 5.41) is 3.69. The van der Waals surface area contributed by atoms with Gasteiger partial charge >= 0.3 is 0 Å². The van der Waals surface area contributed by atoms with Crippen molar-refractivity contribution < 1.29 is 9.53 Å². The van der Waals surface area contributed by atoms with Gasteiger partial charge in [0, 0.05) is 26.2 Å². The van der Waals surface area contributed by atoms with Crippen LogP contribution >= 0.6 is 11.6 Å². The first-order valence-corrected chi connectivity index (χ1v) is 9.26. The molecule has 0 radical (unpaired) electrons. The van der Waals surface area contributed by atoms with E-state index in [0.29, 0.717) is 19.7 Å². The van der Waals surface area contributed by atoms with Crippen LogP contribution < -0.4 is 15.0 Å². The number of ether oxygens (including phenoxy) is 1. The maximum Gasteiger partial charge on any atom is 0.234 e. The predicted molar refractivity (Wildman–Crippen MR) is 105 cm³/mol. The quantitative estimate of drug-likeness (QED) is 0.758. The number of benzene rings is 2. The van der Waals surface area contributed by atoms with Gasteiger partial charge in [0.1, 0.15) is 12.4 Å². The third-order valence-corrected chi connectivity index (χ3v) is 4.69. The van der Waals surface area contributed by atoms with Crippen LogP contribution in [0.2, 0.25) is 5.02 Å². The number of carbonyl (C=O) groups excluding carboxylic acids is 1. The molecule has 1 heterocycles. The van der Waals surface area contributed by atoms with Crippen LogP contribution in [0.5, 0.6) is 5.75 Å². The van der Waals surface area contributed by atoms with E-state index in [1.54, 1.807) is 0 Å². The summed E-state index contributed by atoms with van der Waals surface area (Å²) in [6.45, 7) is 4.83. The smallest absolute Gasteiger partial charge is 0.234 e. The van der Waals surface area contributed by atoms with E-state index in [9.17, 15) is 4.79 Å². The molecule has 138 valence electrons. The van der Waals surface area contributed by atoms with E-state index in [1.807, 2.05) is 54.6 Å². The van der Waals surface area contributed by atoms with E-state index in [0.717, 1.165) is 42.6 Å². The number of nitrogens with zero attached hydrogens (tertiary/aromatic N) is 2. The molecule has 1 fully saturated rings. The lowest BCUT2D eigenvalue weighted by Crippen LogP contribution is -2.49. The molecule has 6 heteroatoms. The first kappa shape index (κ1) is 18.5. The van der Waals surface area contributed by atoms with Gasteiger partial charge in [-0.15, -0.1) is 0 Å². The minimum Gasteiger partial charge on any atom is -0.492 e. The molecule has 0 atom stereocenters. The molecule has 3 rings (SSSR count). The van der Waals surface area contributed by atoms with Gasteiger partial charge in [0.2, 0.25) is 5.91 Å². The molecule has 1 aliphatic heterocycles. The lowest BCUT2D eigenvalue weighted by molar-refractivity contribution is -0.122. The first-order chi connectivity index (χ1) is 12.7. The molecule has 0 unspecified atom stereocenters. The van der Waals surface area contributed by atoms with Gasteiger partial charge in [-0.2, -0.15) is 0 Å². The molecule has 1 amide bonds. The fourth-order valence-corrected chi connectivity index (χ4v) is 3.25. The van der Waals surface area contributed by atoms with Crippen LogP contribution in [0, 0.1) is 0 Å². The third-order valence-electron chi connectivity index (χ3n) is 4.37. The fourth-order valence-electron chi connectivity index (χ4n) is 2.99. The molecule has 0 saturated carbocycles. The summed E-state index contributed by atoms with van der Waals surface area (Å²) >= 11 is 6.26. The minimum absolute atomic E-state index is 0.0351. The van der Waals surface area contributed by atoms with Gasteiger partial charge in [0.05, 0.1) is 23.8 Å². The molecule has 0 spiro atoms. The lowest BCUT2D eigenvalue weighted by atomic mass is 10.2. The number of carbonyl (C=O) groups is 1. The number of rotatable bonds is 7.